The summed E-state index contributed by atoms with van der Waals surface area (Å²) in [6, 6.07) is 6.12. The summed E-state index contributed by atoms with van der Waals surface area (Å²) in [6.07, 6.45) is 6.95. The van der Waals surface area contributed by atoms with Gasteiger partial charge in [-0.25, -0.2) is 0 Å². The zero-order chi connectivity index (χ0) is 13.0. The molecule has 0 aliphatic heterocycles. The first kappa shape index (κ1) is 13.7. The molecule has 1 saturated carbocycles. The molecule has 0 heterocycles. The van der Waals surface area contributed by atoms with Crippen LogP contribution in [0.3, 0.4) is 0 Å². The van der Waals surface area contributed by atoms with E-state index >= 15 is 0 Å². The summed E-state index contributed by atoms with van der Waals surface area (Å²) < 4.78 is 6.10. The molecular weight excluding hydrogens is 246 g/mol. The zero-order valence-corrected chi connectivity index (χ0v) is 11.7. The highest BCUT2D eigenvalue weighted by molar-refractivity contribution is 6.32. The lowest BCUT2D eigenvalue weighted by molar-refractivity contribution is 0.208. The van der Waals surface area contributed by atoms with Crippen molar-refractivity contribution in [3.63, 3.8) is 0 Å². The van der Waals surface area contributed by atoms with Crippen LogP contribution in [0, 0.1) is 0 Å². The van der Waals surface area contributed by atoms with Crippen LogP contribution >= 0.6 is 11.6 Å². The fourth-order valence-corrected chi connectivity index (χ4v) is 2.68. The first-order valence-electron chi connectivity index (χ1n) is 6.90. The summed E-state index contributed by atoms with van der Waals surface area (Å²) in [5.74, 6) is 0.856. The molecule has 1 aromatic carbocycles. The maximum Gasteiger partial charge on any atom is 0.141 e. The third kappa shape index (κ3) is 3.39. The maximum absolute atomic E-state index is 6.27. The molecule has 1 atom stereocenters. The first-order valence-corrected chi connectivity index (χ1v) is 7.28. The Balaban J connectivity index is 2.14. The van der Waals surface area contributed by atoms with Gasteiger partial charge in [-0.15, -0.1) is 0 Å². The van der Waals surface area contributed by atoms with Crippen molar-refractivity contribution in [1.82, 2.24) is 0 Å². The van der Waals surface area contributed by atoms with Crippen molar-refractivity contribution in [1.29, 1.82) is 0 Å². The van der Waals surface area contributed by atoms with Crippen molar-refractivity contribution >= 4 is 11.6 Å². The molecule has 0 amide bonds. The minimum atomic E-state index is 0.175. The Hall–Kier alpha value is -0.730. The number of ether oxygens (including phenoxy) is 1. The molecule has 100 valence electrons. The predicted octanol–water partition coefficient (Wildman–Crippen LogP) is 3.94. The Bertz CT molecular complexity index is 388. The summed E-state index contributed by atoms with van der Waals surface area (Å²) in [4.78, 5) is 0. The van der Waals surface area contributed by atoms with Gasteiger partial charge in [0.1, 0.15) is 5.75 Å². The average molecular weight is 268 g/mol. The number of benzene rings is 1. The Labute approximate surface area is 114 Å². The second-order valence-corrected chi connectivity index (χ2v) is 5.53. The lowest BCUT2D eigenvalue weighted by atomic mass is 10.0. The van der Waals surface area contributed by atoms with E-state index in [1.54, 1.807) is 0 Å². The number of rotatable bonds is 5. The van der Waals surface area contributed by atoms with E-state index in [2.05, 4.69) is 13.0 Å². The SMILES string of the molecule is CCC(N)Cc1cccc(Cl)c1OC1CCCC1. The van der Waals surface area contributed by atoms with E-state index in [1.165, 1.54) is 12.8 Å². The van der Waals surface area contributed by atoms with E-state index in [0.29, 0.717) is 11.1 Å². The quantitative estimate of drug-likeness (QED) is 0.877. The van der Waals surface area contributed by atoms with Gasteiger partial charge in [-0.3, -0.25) is 0 Å². The van der Waals surface area contributed by atoms with E-state index in [9.17, 15) is 0 Å². The molecule has 0 bridgehead atoms. The van der Waals surface area contributed by atoms with Crippen LogP contribution in [0.5, 0.6) is 5.75 Å². The molecule has 3 heteroatoms. The predicted molar refractivity (Wildman–Crippen MR) is 76.3 cm³/mol. The van der Waals surface area contributed by atoms with Crippen molar-refractivity contribution in [3.8, 4) is 5.75 Å². The summed E-state index contributed by atoms with van der Waals surface area (Å²) in [6.45, 7) is 2.10. The van der Waals surface area contributed by atoms with Gasteiger partial charge in [-0.2, -0.15) is 0 Å². The highest BCUT2D eigenvalue weighted by atomic mass is 35.5. The van der Waals surface area contributed by atoms with Crippen LogP contribution in [0.1, 0.15) is 44.6 Å². The second kappa shape index (κ2) is 6.44. The van der Waals surface area contributed by atoms with Crippen LogP contribution in [-0.4, -0.2) is 12.1 Å². The Morgan fingerprint density at radius 1 is 1.39 bits per heavy atom. The average Bonchev–Trinajstić information content (AvgIpc) is 2.86. The van der Waals surface area contributed by atoms with Gasteiger partial charge in [0.15, 0.2) is 0 Å². The Kier molecular flexibility index (Phi) is 4.90. The molecule has 18 heavy (non-hydrogen) atoms. The summed E-state index contributed by atoms with van der Waals surface area (Å²) >= 11 is 6.27. The third-order valence-electron chi connectivity index (χ3n) is 3.64. The van der Waals surface area contributed by atoms with Crippen LogP contribution in [0.25, 0.3) is 0 Å². The van der Waals surface area contributed by atoms with Crippen LogP contribution < -0.4 is 10.5 Å². The summed E-state index contributed by atoms with van der Waals surface area (Å²) in [5.41, 5.74) is 7.18. The van der Waals surface area contributed by atoms with Gasteiger partial charge in [0.25, 0.3) is 0 Å². The van der Waals surface area contributed by atoms with Gasteiger partial charge in [0, 0.05) is 6.04 Å². The fraction of sp³-hybridized carbons (Fsp3) is 0.600. The smallest absolute Gasteiger partial charge is 0.141 e. The highest BCUT2D eigenvalue weighted by Crippen LogP contribution is 2.33. The molecule has 1 aromatic rings. The molecule has 0 aromatic heterocycles. The van der Waals surface area contributed by atoms with Gasteiger partial charge < -0.3 is 10.5 Å². The number of hydrogen-bond acceptors (Lipinski definition) is 2. The lowest BCUT2D eigenvalue weighted by Gasteiger charge is -2.19. The maximum atomic E-state index is 6.27. The Morgan fingerprint density at radius 3 is 2.78 bits per heavy atom. The van der Waals surface area contributed by atoms with Crippen LogP contribution in [-0.2, 0) is 6.42 Å². The molecule has 2 N–H and O–H groups in total. The molecule has 2 rings (SSSR count). The van der Waals surface area contributed by atoms with E-state index < -0.39 is 0 Å². The molecule has 0 spiro atoms. The van der Waals surface area contributed by atoms with E-state index in [1.807, 2.05) is 12.1 Å². The third-order valence-corrected chi connectivity index (χ3v) is 3.94. The van der Waals surface area contributed by atoms with E-state index in [-0.39, 0.29) is 6.04 Å². The number of halogens is 1. The fourth-order valence-electron chi connectivity index (χ4n) is 2.45. The topological polar surface area (TPSA) is 35.2 Å². The van der Waals surface area contributed by atoms with Crippen molar-refractivity contribution < 1.29 is 4.74 Å². The molecule has 1 unspecified atom stereocenters. The molecule has 1 fully saturated rings. The highest BCUT2D eigenvalue weighted by Gasteiger charge is 2.20. The number of hydrogen-bond donors (Lipinski definition) is 1. The van der Waals surface area contributed by atoms with E-state index in [4.69, 9.17) is 22.1 Å². The minimum absolute atomic E-state index is 0.175. The monoisotopic (exact) mass is 267 g/mol. The summed E-state index contributed by atoms with van der Waals surface area (Å²) in [5, 5.41) is 0.711. The molecule has 1 aliphatic carbocycles. The molecule has 2 nitrogen and oxygen atoms in total. The molecule has 1 aliphatic rings. The van der Waals surface area contributed by atoms with Crippen molar-refractivity contribution in [2.45, 2.75) is 57.6 Å². The zero-order valence-electron chi connectivity index (χ0n) is 11.0. The van der Waals surface area contributed by atoms with E-state index in [0.717, 1.165) is 37.0 Å². The van der Waals surface area contributed by atoms with Crippen LogP contribution in [0.15, 0.2) is 18.2 Å². The second-order valence-electron chi connectivity index (χ2n) is 5.12. The summed E-state index contributed by atoms with van der Waals surface area (Å²) in [7, 11) is 0. The van der Waals surface area contributed by atoms with Gasteiger partial charge in [0.2, 0.25) is 0 Å². The van der Waals surface area contributed by atoms with Gasteiger partial charge in [-0.05, 0) is 50.2 Å². The lowest BCUT2D eigenvalue weighted by Crippen LogP contribution is -2.22. The number of nitrogens with two attached hydrogens (primary N) is 1. The Morgan fingerprint density at radius 2 is 2.11 bits per heavy atom. The standard InChI is InChI=1S/C15H22ClNO/c1-2-12(17)10-11-6-5-9-14(16)15(11)18-13-7-3-4-8-13/h5-6,9,12-13H,2-4,7-8,10,17H2,1H3. The van der Waals surface area contributed by atoms with Crippen molar-refractivity contribution in [2.75, 3.05) is 0 Å². The van der Waals surface area contributed by atoms with Crippen molar-refractivity contribution in [3.05, 3.63) is 28.8 Å². The molecule has 0 radical (unpaired) electrons. The molecule has 0 saturated heterocycles. The molecular formula is C15H22ClNO. The van der Waals surface area contributed by atoms with Crippen LogP contribution in [0.4, 0.5) is 0 Å². The number of para-hydroxylation sites is 1. The largest absolute Gasteiger partial charge is 0.489 e. The van der Waals surface area contributed by atoms with Gasteiger partial charge >= 0.3 is 0 Å². The van der Waals surface area contributed by atoms with Gasteiger partial charge in [-0.1, -0.05) is 30.7 Å². The van der Waals surface area contributed by atoms with Gasteiger partial charge in [0.05, 0.1) is 11.1 Å². The first-order chi connectivity index (χ1) is 8.70. The minimum Gasteiger partial charge on any atom is -0.489 e. The van der Waals surface area contributed by atoms with Crippen molar-refractivity contribution in [2.24, 2.45) is 5.73 Å². The normalized spacial score (nSPS) is 17.9. The van der Waals surface area contributed by atoms with Crippen LogP contribution in [0.2, 0.25) is 5.02 Å².